The first kappa shape index (κ1) is 16.5. The van der Waals surface area contributed by atoms with E-state index in [4.69, 9.17) is 11.6 Å². The van der Waals surface area contributed by atoms with E-state index in [0.29, 0.717) is 0 Å². The lowest BCUT2D eigenvalue weighted by atomic mass is 10.1. The molecule has 0 fully saturated rings. The van der Waals surface area contributed by atoms with Gasteiger partial charge >= 0.3 is 0 Å². The van der Waals surface area contributed by atoms with Gasteiger partial charge in [0.05, 0.1) is 29.5 Å². The lowest BCUT2D eigenvalue weighted by Crippen LogP contribution is -2.25. The molecule has 0 spiro atoms. The molecule has 1 N–H and O–H groups in total. The molecule has 0 aliphatic rings. The van der Waals surface area contributed by atoms with Crippen molar-refractivity contribution in [2.24, 2.45) is 0 Å². The van der Waals surface area contributed by atoms with E-state index in [1.165, 1.54) is 10.4 Å². The monoisotopic (exact) mass is 326 g/mol. The third-order valence-electron chi connectivity index (χ3n) is 3.58. The van der Waals surface area contributed by atoms with Crippen LogP contribution in [0.25, 0.3) is 0 Å². The second-order valence-electron chi connectivity index (χ2n) is 5.29. The van der Waals surface area contributed by atoms with E-state index >= 15 is 0 Å². The summed E-state index contributed by atoms with van der Waals surface area (Å²) < 4.78 is 2.02. The summed E-state index contributed by atoms with van der Waals surface area (Å²) in [6.07, 6.45) is 2.77. The van der Waals surface area contributed by atoms with Gasteiger partial charge in [0.15, 0.2) is 0 Å². The number of nitrogens with one attached hydrogen (secondary N) is 1. The molecule has 0 aliphatic carbocycles. The van der Waals surface area contributed by atoms with Gasteiger partial charge in [-0.1, -0.05) is 18.5 Å². The Bertz CT molecular complexity index is 576. The molecule has 6 heteroatoms. The Morgan fingerprint density at radius 1 is 1.48 bits per heavy atom. The summed E-state index contributed by atoms with van der Waals surface area (Å²) >= 11 is 8.19. The van der Waals surface area contributed by atoms with E-state index in [1.54, 1.807) is 17.5 Å². The molecular formula is C15H23ClN4S. The van der Waals surface area contributed by atoms with E-state index in [1.807, 2.05) is 11.7 Å². The number of hydrogen-bond acceptors (Lipinski definition) is 4. The molecule has 1 atom stereocenters. The Balaban J connectivity index is 2.36. The Morgan fingerprint density at radius 3 is 2.86 bits per heavy atom. The number of aromatic nitrogens is 2. The minimum atomic E-state index is 0.0945. The molecule has 0 bridgehead atoms. The predicted octanol–water partition coefficient (Wildman–Crippen LogP) is 3.03. The maximum Gasteiger partial charge on any atom is 0.0857 e. The number of rotatable bonds is 7. The summed E-state index contributed by atoms with van der Waals surface area (Å²) in [6.45, 7) is 3.95. The molecule has 2 rings (SSSR count). The number of nitrogens with zero attached hydrogens (tertiary/aromatic N) is 3. The summed E-state index contributed by atoms with van der Waals surface area (Å²) in [5.74, 6) is 0. The minimum Gasteiger partial charge on any atom is -0.308 e. The largest absolute Gasteiger partial charge is 0.308 e. The second kappa shape index (κ2) is 7.40. The van der Waals surface area contributed by atoms with E-state index < -0.39 is 0 Å². The fourth-order valence-corrected chi connectivity index (χ4v) is 3.78. The van der Waals surface area contributed by atoms with Crippen molar-refractivity contribution in [2.75, 3.05) is 27.7 Å². The number of halogens is 1. The molecule has 116 valence electrons. The van der Waals surface area contributed by atoms with Gasteiger partial charge in [-0.25, -0.2) is 0 Å². The van der Waals surface area contributed by atoms with Crippen molar-refractivity contribution in [2.45, 2.75) is 25.9 Å². The predicted molar refractivity (Wildman–Crippen MR) is 90.4 cm³/mol. The Morgan fingerprint density at radius 2 is 2.24 bits per heavy atom. The quantitative estimate of drug-likeness (QED) is 0.849. The first-order valence-corrected chi connectivity index (χ1v) is 8.43. The van der Waals surface area contributed by atoms with Crippen molar-refractivity contribution < 1.29 is 0 Å². The van der Waals surface area contributed by atoms with Crippen LogP contribution in [0.2, 0.25) is 5.02 Å². The zero-order valence-electron chi connectivity index (χ0n) is 13.1. The van der Waals surface area contributed by atoms with Crippen LogP contribution in [0.3, 0.4) is 0 Å². The average Bonchev–Trinajstić information content (AvgIpc) is 3.06. The van der Waals surface area contributed by atoms with Crippen molar-refractivity contribution in [3.63, 3.8) is 0 Å². The molecule has 4 nitrogen and oxygen atoms in total. The van der Waals surface area contributed by atoms with Gasteiger partial charge in [0.2, 0.25) is 0 Å². The Labute approximate surface area is 135 Å². The van der Waals surface area contributed by atoms with Crippen LogP contribution in [0.1, 0.15) is 29.1 Å². The molecule has 1 unspecified atom stereocenters. The minimum absolute atomic E-state index is 0.0945. The van der Waals surface area contributed by atoms with Crippen molar-refractivity contribution in [3.05, 3.63) is 38.8 Å². The molecule has 2 aromatic heterocycles. The van der Waals surface area contributed by atoms with Crippen molar-refractivity contribution >= 4 is 22.9 Å². The molecule has 0 saturated carbocycles. The fraction of sp³-hybridized carbons (Fsp3) is 0.533. The summed E-state index contributed by atoms with van der Waals surface area (Å²) in [5, 5.41) is 10.7. The zero-order valence-corrected chi connectivity index (χ0v) is 14.6. The van der Waals surface area contributed by atoms with Crippen LogP contribution in [0.15, 0.2) is 17.6 Å². The van der Waals surface area contributed by atoms with Crippen LogP contribution in [0.4, 0.5) is 0 Å². The topological polar surface area (TPSA) is 33.1 Å². The molecule has 0 saturated heterocycles. The van der Waals surface area contributed by atoms with Crippen LogP contribution >= 0.6 is 22.9 Å². The van der Waals surface area contributed by atoms with Gasteiger partial charge in [0.1, 0.15) is 0 Å². The number of thiophene rings is 1. The maximum absolute atomic E-state index is 6.41. The lowest BCUT2D eigenvalue weighted by Gasteiger charge is -2.20. The van der Waals surface area contributed by atoms with E-state index in [0.717, 1.165) is 30.2 Å². The molecule has 2 heterocycles. The van der Waals surface area contributed by atoms with Crippen LogP contribution in [-0.2, 0) is 13.0 Å². The highest BCUT2D eigenvalue weighted by atomic mass is 35.5. The Kier molecular flexibility index (Phi) is 5.81. The molecule has 0 radical (unpaired) electrons. The summed E-state index contributed by atoms with van der Waals surface area (Å²) in [4.78, 5) is 3.48. The zero-order chi connectivity index (χ0) is 15.4. The van der Waals surface area contributed by atoms with Crippen LogP contribution in [0.5, 0.6) is 0 Å². The molecule has 2 aromatic rings. The summed E-state index contributed by atoms with van der Waals surface area (Å²) in [5.41, 5.74) is 2.42. The normalized spacial score (nSPS) is 13.0. The van der Waals surface area contributed by atoms with Gasteiger partial charge in [0, 0.05) is 11.4 Å². The number of likely N-dealkylation sites (N-methyl/N-ethyl adjacent to an activating group) is 1. The van der Waals surface area contributed by atoms with Crippen molar-refractivity contribution in [1.29, 1.82) is 0 Å². The highest BCUT2D eigenvalue weighted by Crippen LogP contribution is 2.33. The summed E-state index contributed by atoms with van der Waals surface area (Å²) in [7, 11) is 6.10. The van der Waals surface area contributed by atoms with E-state index in [2.05, 4.69) is 47.8 Å². The van der Waals surface area contributed by atoms with Gasteiger partial charge < -0.3 is 10.2 Å². The highest BCUT2D eigenvalue weighted by Gasteiger charge is 2.23. The third kappa shape index (κ3) is 3.66. The van der Waals surface area contributed by atoms with Gasteiger partial charge in [-0.3, -0.25) is 4.68 Å². The van der Waals surface area contributed by atoms with Crippen LogP contribution in [0, 0.1) is 0 Å². The first-order chi connectivity index (χ1) is 10.1. The van der Waals surface area contributed by atoms with E-state index in [-0.39, 0.29) is 6.04 Å². The third-order valence-corrected chi connectivity index (χ3v) is 4.89. The highest BCUT2D eigenvalue weighted by molar-refractivity contribution is 7.10. The number of hydrogen-bond donors (Lipinski definition) is 1. The smallest absolute Gasteiger partial charge is 0.0857 e. The van der Waals surface area contributed by atoms with Gasteiger partial charge in [-0.2, -0.15) is 5.10 Å². The molecule has 21 heavy (non-hydrogen) atoms. The van der Waals surface area contributed by atoms with Crippen molar-refractivity contribution in [3.8, 4) is 0 Å². The van der Waals surface area contributed by atoms with Gasteiger partial charge in [-0.15, -0.1) is 11.3 Å². The van der Waals surface area contributed by atoms with Gasteiger partial charge in [-0.05, 0) is 44.6 Å². The van der Waals surface area contributed by atoms with Crippen LogP contribution in [-0.4, -0.2) is 42.4 Å². The SMILES string of the molecule is CCc1ccsc1C(NC)c1c(Cl)cnn1CCN(C)C. The standard InChI is InChI=1S/C15H23ClN4S/c1-5-11-6-9-21-15(11)13(17-2)14-12(16)10-18-20(14)8-7-19(3)4/h6,9-10,13,17H,5,7-8H2,1-4H3. The second-order valence-corrected chi connectivity index (χ2v) is 6.64. The molecular weight excluding hydrogens is 304 g/mol. The van der Waals surface area contributed by atoms with Crippen molar-refractivity contribution in [1.82, 2.24) is 20.0 Å². The van der Waals surface area contributed by atoms with Crippen LogP contribution < -0.4 is 5.32 Å². The van der Waals surface area contributed by atoms with E-state index in [9.17, 15) is 0 Å². The molecule has 0 aliphatic heterocycles. The first-order valence-electron chi connectivity index (χ1n) is 7.17. The summed E-state index contributed by atoms with van der Waals surface area (Å²) in [6, 6.07) is 2.29. The number of aryl methyl sites for hydroxylation is 1. The molecule has 0 amide bonds. The molecule has 0 aromatic carbocycles. The fourth-order valence-electron chi connectivity index (χ4n) is 2.42. The average molecular weight is 327 g/mol. The maximum atomic E-state index is 6.41. The lowest BCUT2D eigenvalue weighted by molar-refractivity contribution is 0.366. The Hall–Kier alpha value is -0.880. The van der Waals surface area contributed by atoms with Gasteiger partial charge in [0.25, 0.3) is 0 Å².